The Kier molecular flexibility index (Phi) is 8.24. The molecule has 1 heterocycles. The van der Waals surface area contributed by atoms with E-state index in [0.717, 1.165) is 5.56 Å². The minimum atomic E-state index is -1.01. The quantitative estimate of drug-likeness (QED) is 0.563. The van der Waals surface area contributed by atoms with Gasteiger partial charge in [-0.1, -0.05) is 65.0 Å². The van der Waals surface area contributed by atoms with Gasteiger partial charge in [-0.2, -0.15) is 0 Å². The fourth-order valence-electron chi connectivity index (χ4n) is 3.96. The van der Waals surface area contributed by atoms with Gasteiger partial charge in [-0.3, -0.25) is 9.59 Å². The largest absolute Gasteiger partial charge is 0.478 e. The van der Waals surface area contributed by atoms with Crippen LogP contribution in [0.15, 0.2) is 35.9 Å². The molecule has 1 aromatic carbocycles. The van der Waals surface area contributed by atoms with Gasteiger partial charge in [-0.25, -0.2) is 4.79 Å². The van der Waals surface area contributed by atoms with Crippen LogP contribution >= 0.6 is 0 Å². The highest BCUT2D eigenvalue weighted by molar-refractivity contribution is 5.91. The van der Waals surface area contributed by atoms with Gasteiger partial charge in [-0.05, 0) is 35.8 Å². The number of carboxylic acid groups (broad SMARTS) is 1. The van der Waals surface area contributed by atoms with E-state index in [1.165, 1.54) is 12.5 Å². The van der Waals surface area contributed by atoms with Crippen molar-refractivity contribution in [1.29, 1.82) is 0 Å². The Morgan fingerprint density at radius 2 is 1.78 bits per heavy atom. The van der Waals surface area contributed by atoms with E-state index in [2.05, 4.69) is 10.6 Å². The lowest BCUT2D eigenvalue weighted by atomic mass is 9.84. The number of hydrogen-bond donors (Lipinski definition) is 3. The molecule has 0 fully saturated rings. The lowest BCUT2D eigenvalue weighted by molar-refractivity contribution is -0.140. The van der Waals surface area contributed by atoms with Crippen molar-refractivity contribution in [2.24, 2.45) is 11.3 Å². The van der Waals surface area contributed by atoms with E-state index in [0.29, 0.717) is 13.0 Å². The lowest BCUT2D eigenvalue weighted by Gasteiger charge is -2.38. The minimum Gasteiger partial charge on any atom is -0.478 e. The van der Waals surface area contributed by atoms with Crippen molar-refractivity contribution in [3.05, 3.63) is 47.0 Å². The molecule has 2 rings (SSSR count). The first-order valence-electron chi connectivity index (χ1n) is 11.1. The molecule has 1 aliphatic rings. The van der Waals surface area contributed by atoms with Crippen LogP contribution in [0.4, 0.5) is 0 Å². The Bertz CT molecular complexity index is 885. The van der Waals surface area contributed by atoms with Crippen molar-refractivity contribution in [3.8, 4) is 0 Å². The van der Waals surface area contributed by atoms with Gasteiger partial charge in [0, 0.05) is 19.2 Å². The second kappa shape index (κ2) is 10.3. The van der Waals surface area contributed by atoms with Gasteiger partial charge in [0.25, 0.3) is 0 Å². The molecular formula is C25H37N3O4. The maximum atomic E-state index is 13.5. The number of fused-ring (bicyclic) bond motifs is 1. The van der Waals surface area contributed by atoms with Crippen molar-refractivity contribution in [2.75, 3.05) is 7.05 Å². The zero-order valence-electron chi connectivity index (χ0n) is 20.2. The van der Waals surface area contributed by atoms with Crippen LogP contribution < -0.4 is 10.6 Å². The Morgan fingerprint density at radius 3 is 2.31 bits per heavy atom. The summed E-state index contributed by atoms with van der Waals surface area (Å²) in [6, 6.07) is 6.46. The van der Waals surface area contributed by atoms with Crippen LogP contribution in [0.5, 0.6) is 0 Å². The third-order valence-electron chi connectivity index (χ3n) is 6.03. The van der Waals surface area contributed by atoms with E-state index in [9.17, 15) is 19.5 Å². The average molecular weight is 444 g/mol. The molecule has 0 spiro atoms. The molecule has 0 saturated heterocycles. The van der Waals surface area contributed by atoms with Crippen molar-refractivity contribution < 1.29 is 19.5 Å². The summed E-state index contributed by atoms with van der Waals surface area (Å²) in [4.78, 5) is 39.5. The lowest BCUT2D eigenvalue weighted by Crippen LogP contribution is -2.59. The summed E-state index contributed by atoms with van der Waals surface area (Å²) in [5, 5.41) is 15.5. The fraction of sp³-hybridized carbons (Fsp3) is 0.560. The molecule has 7 heteroatoms. The average Bonchev–Trinajstić information content (AvgIpc) is 2.72. The maximum absolute atomic E-state index is 13.5. The molecule has 1 aliphatic heterocycles. The Morgan fingerprint density at radius 1 is 1.19 bits per heavy atom. The molecule has 0 bridgehead atoms. The predicted octanol–water partition coefficient (Wildman–Crippen LogP) is 2.75. The fourth-order valence-corrected chi connectivity index (χ4v) is 3.96. The molecule has 3 atom stereocenters. The third-order valence-corrected chi connectivity index (χ3v) is 6.03. The number of rotatable bonds is 7. The second-order valence-electron chi connectivity index (χ2n) is 10.1. The summed E-state index contributed by atoms with van der Waals surface area (Å²) in [5.41, 5.74) is 1.97. The smallest absolute Gasteiger partial charge is 0.331 e. The summed E-state index contributed by atoms with van der Waals surface area (Å²) in [5.74, 6) is -1.46. The van der Waals surface area contributed by atoms with E-state index in [4.69, 9.17) is 0 Å². The normalized spacial score (nSPS) is 18.5. The number of hydrogen-bond acceptors (Lipinski definition) is 4. The summed E-state index contributed by atoms with van der Waals surface area (Å²) in [6.07, 6.45) is 2.17. The molecule has 0 unspecified atom stereocenters. The SMILES string of the molecule is CC(=C[C@H](C(C)C)N(C)C(=O)[C@@H](NC(=O)[C@@H]1Cc2ccccc2CN1)C(C)(C)C)C(=O)O. The van der Waals surface area contributed by atoms with Gasteiger partial charge < -0.3 is 20.6 Å². The minimum absolute atomic E-state index is 0.00563. The summed E-state index contributed by atoms with van der Waals surface area (Å²) < 4.78 is 0. The number of likely N-dealkylation sites (N-methyl/N-ethyl adjacent to an activating group) is 1. The highest BCUT2D eigenvalue weighted by Gasteiger charge is 2.38. The molecule has 0 aliphatic carbocycles. The molecule has 0 saturated carbocycles. The van der Waals surface area contributed by atoms with Crippen molar-refractivity contribution in [1.82, 2.24) is 15.5 Å². The van der Waals surface area contributed by atoms with Crippen LogP contribution in [0.2, 0.25) is 0 Å². The van der Waals surface area contributed by atoms with Gasteiger partial charge in [0.15, 0.2) is 0 Å². The highest BCUT2D eigenvalue weighted by Crippen LogP contribution is 2.24. The van der Waals surface area contributed by atoms with Crippen LogP contribution in [-0.2, 0) is 27.3 Å². The van der Waals surface area contributed by atoms with Crippen LogP contribution in [0, 0.1) is 11.3 Å². The van der Waals surface area contributed by atoms with E-state index in [-0.39, 0.29) is 23.3 Å². The molecule has 0 aromatic heterocycles. The van der Waals surface area contributed by atoms with Gasteiger partial charge in [-0.15, -0.1) is 0 Å². The Labute approximate surface area is 191 Å². The molecule has 7 nitrogen and oxygen atoms in total. The van der Waals surface area contributed by atoms with Crippen LogP contribution in [0.3, 0.4) is 0 Å². The first-order chi connectivity index (χ1) is 14.8. The van der Waals surface area contributed by atoms with Crippen LogP contribution in [0.25, 0.3) is 0 Å². The number of carboxylic acids is 1. The third kappa shape index (κ3) is 6.19. The first kappa shape index (κ1) is 25.6. The van der Waals surface area contributed by atoms with E-state index < -0.39 is 29.5 Å². The van der Waals surface area contributed by atoms with Crippen molar-refractivity contribution in [3.63, 3.8) is 0 Å². The van der Waals surface area contributed by atoms with Gasteiger partial charge in [0.1, 0.15) is 6.04 Å². The first-order valence-corrected chi connectivity index (χ1v) is 11.1. The molecule has 1 aromatic rings. The highest BCUT2D eigenvalue weighted by atomic mass is 16.4. The number of nitrogens with zero attached hydrogens (tertiary/aromatic N) is 1. The van der Waals surface area contributed by atoms with E-state index >= 15 is 0 Å². The van der Waals surface area contributed by atoms with E-state index in [1.54, 1.807) is 18.0 Å². The Hall–Kier alpha value is -2.67. The summed E-state index contributed by atoms with van der Waals surface area (Å²) in [6.45, 7) is 11.7. The number of aliphatic carboxylic acids is 1. The number of benzene rings is 1. The van der Waals surface area contributed by atoms with E-state index in [1.807, 2.05) is 58.9 Å². The second-order valence-corrected chi connectivity index (χ2v) is 10.1. The number of nitrogens with one attached hydrogen (secondary N) is 2. The van der Waals surface area contributed by atoms with Gasteiger partial charge in [0.2, 0.25) is 11.8 Å². The van der Waals surface area contributed by atoms with Gasteiger partial charge >= 0.3 is 5.97 Å². The zero-order chi connectivity index (χ0) is 24.2. The van der Waals surface area contributed by atoms with Gasteiger partial charge in [0.05, 0.1) is 12.1 Å². The topological polar surface area (TPSA) is 98.7 Å². The molecule has 0 radical (unpaired) electrons. The standard InChI is InChI=1S/C25H37N3O4/c1-15(2)20(12-16(3)24(31)32)28(7)23(30)21(25(4,5)6)27-22(29)19-13-17-10-8-9-11-18(17)14-26-19/h8-12,15,19-21,26H,13-14H2,1-7H3,(H,27,29)(H,31,32)/t19-,20+,21+/m0/s1. The number of carbonyl (C=O) groups excluding carboxylic acids is 2. The molecule has 32 heavy (non-hydrogen) atoms. The monoisotopic (exact) mass is 443 g/mol. The molecule has 2 amide bonds. The Balaban J connectivity index is 2.22. The number of carbonyl (C=O) groups is 3. The molecular weight excluding hydrogens is 406 g/mol. The van der Waals surface area contributed by atoms with Crippen molar-refractivity contribution >= 4 is 17.8 Å². The predicted molar refractivity (Wildman–Crippen MR) is 125 cm³/mol. The maximum Gasteiger partial charge on any atom is 0.331 e. The summed E-state index contributed by atoms with van der Waals surface area (Å²) in [7, 11) is 1.67. The molecule has 3 N–H and O–H groups in total. The van der Waals surface area contributed by atoms with Crippen molar-refractivity contribution in [2.45, 2.75) is 72.6 Å². The molecule has 176 valence electrons. The zero-order valence-corrected chi connectivity index (χ0v) is 20.2. The van der Waals surface area contributed by atoms with Crippen LogP contribution in [0.1, 0.15) is 52.7 Å². The summed E-state index contributed by atoms with van der Waals surface area (Å²) >= 11 is 0. The van der Waals surface area contributed by atoms with Crippen LogP contribution in [-0.4, -0.2) is 53.0 Å². The number of amides is 2.